The van der Waals surface area contributed by atoms with Crippen molar-refractivity contribution < 1.29 is 0 Å². The van der Waals surface area contributed by atoms with Gasteiger partial charge in [-0.1, -0.05) is 111 Å². The van der Waals surface area contributed by atoms with Gasteiger partial charge in [-0.2, -0.15) is 0 Å². The van der Waals surface area contributed by atoms with Crippen molar-refractivity contribution in [2.75, 3.05) is 0 Å². The number of rotatable bonds is 5. The fraction of sp³-hybridized carbons (Fsp3) is 0.154. The highest BCUT2D eigenvalue weighted by molar-refractivity contribution is 7.80. The Hall–Kier alpha value is -2.43. The normalized spacial score (nSPS) is 13.8. The van der Waals surface area contributed by atoms with E-state index in [1.165, 1.54) is 32.6 Å². The molecule has 1 aliphatic carbocycles. The van der Waals surface area contributed by atoms with E-state index in [0.29, 0.717) is 5.92 Å². The van der Waals surface area contributed by atoms with Crippen molar-refractivity contribution in [2.24, 2.45) is 5.92 Å². The first kappa shape index (κ1) is 18.0. The monoisotopic (exact) mass is 368 g/mol. The molecule has 0 bridgehead atoms. The van der Waals surface area contributed by atoms with Crippen molar-refractivity contribution in [3.05, 3.63) is 108 Å². The van der Waals surface area contributed by atoms with E-state index in [4.69, 9.17) is 0 Å². The molecule has 0 aromatic heterocycles. The van der Waals surface area contributed by atoms with E-state index < -0.39 is 7.92 Å². The molecule has 0 atom stereocenters. The molecule has 4 rings (SSSR count). The molecule has 1 heteroatoms. The summed E-state index contributed by atoms with van der Waals surface area (Å²) in [6.45, 7) is 4.59. The molecule has 0 heterocycles. The quantitative estimate of drug-likeness (QED) is 0.498. The third-order valence-corrected chi connectivity index (χ3v) is 7.56. The highest BCUT2D eigenvalue weighted by Crippen LogP contribution is 2.40. The summed E-state index contributed by atoms with van der Waals surface area (Å²) in [6.07, 6.45) is 5.84. The van der Waals surface area contributed by atoms with E-state index in [-0.39, 0.29) is 0 Å². The number of hydrogen-bond donors (Lipinski definition) is 0. The predicted octanol–water partition coefficient (Wildman–Crippen LogP) is 5.81. The van der Waals surface area contributed by atoms with Crippen LogP contribution in [-0.4, -0.2) is 0 Å². The summed E-state index contributed by atoms with van der Waals surface area (Å²) in [7, 11) is -0.589. The Morgan fingerprint density at radius 2 is 1.22 bits per heavy atom. The van der Waals surface area contributed by atoms with Crippen molar-refractivity contribution in [1.29, 1.82) is 0 Å². The van der Waals surface area contributed by atoms with Gasteiger partial charge in [-0.05, 0) is 52.9 Å². The summed E-state index contributed by atoms with van der Waals surface area (Å²) in [6, 6.07) is 30.9. The lowest BCUT2D eigenvalue weighted by atomic mass is 9.93. The van der Waals surface area contributed by atoms with E-state index in [9.17, 15) is 0 Å². The molecule has 0 saturated heterocycles. The summed E-state index contributed by atoms with van der Waals surface area (Å²) in [5.41, 5.74) is 4.31. The molecule has 0 unspecified atom stereocenters. The third-order valence-electron chi connectivity index (χ3n) is 5.06. The maximum Gasteiger partial charge on any atom is -0.00726 e. The molecule has 3 aromatic rings. The van der Waals surface area contributed by atoms with Gasteiger partial charge in [0.2, 0.25) is 0 Å². The van der Waals surface area contributed by atoms with E-state index in [2.05, 4.69) is 111 Å². The van der Waals surface area contributed by atoms with Crippen LogP contribution in [0.3, 0.4) is 0 Å². The van der Waals surface area contributed by atoms with Gasteiger partial charge in [-0.25, -0.2) is 0 Å². The highest BCUT2D eigenvalue weighted by Gasteiger charge is 2.23. The Kier molecular flexibility index (Phi) is 5.37. The van der Waals surface area contributed by atoms with E-state index >= 15 is 0 Å². The van der Waals surface area contributed by atoms with Crippen LogP contribution in [0.5, 0.6) is 0 Å². The molecule has 27 heavy (non-hydrogen) atoms. The third kappa shape index (κ3) is 3.68. The summed E-state index contributed by atoms with van der Waals surface area (Å²) in [4.78, 5) is 0. The summed E-state index contributed by atoms with van der Waals surface area (Å²) in [5.74, 6) is 0.548. The molecule has 0 fully saturated rings. The maximum absolute atomic E-state index is 2.40. The van der Waals surface area contributed by atoms with Crippen LogP contribution < -0.4 is 15.9 Å². The van der Waals surface area contributed by atoms with Crippen LogP contribution >= 0.6 is 7.92 Å². The molecule has 0 N–H and O–H groups in total. The molecule has 0 saturated carbocycles. The molecule has 1 aliphatic rings. The minimum Gasteiger partial charge on any atom is -0.0766 e. The van der Waals surface area contributed by atoms with Crippen LogP contribution in [0.15, 0.2) is 103 Å². The fourth-order valence-electron chi connectivity index (χ4n) is 3.82. The van der Waals surface area contributed by atoms with Crippen molar-refractivity contribution in [3.8, 4) is 0 Å². The zero-order valence-corrected chi connectivity index (χ0v) is 16.9. The van der Waals surface area contributed by atoms with Crippen molar-refractivity contribution in [1.82, 2.24) is 0 Å². The number of benzene rings is 3. The first-order valence-electron chi connectivity index (χ1n) is 9.66. The predicted molar refractivity (Wildman–Crippen MR) is 121 cm³/mol. The lowest BCUT2D eigenvalue weighted by Crippen LogP contribution is -2.23. The van der Waals surface area contributed by atoms with Gasteiger partial charge in [0.25, 0.3) is 0 Å². The van der Waals surface area contributed by atoms with Crippen LogP contribution in [0.2, 0.25) is 0 Å². The summed E-state index contributed by atoms with van der Waals surface area (Å²) < 4.78 is 0. The fourth-order valence-corrected chi connectivity index (χ4v) is 6.29. The average molecular weight is 368 g/mol. The Morgan fingerprint density at radius 1 is 0.667 bits per heavy atom. The van der Waals surface area contributed by atoms with Gasteiger partial charge in [-0.3, -0.25) is 0 Å². The van der Waals surface area contributed by atoms with Crippen LogP contribution in [0.1, 0.15) is 25.8 Å². The molecule has 0 spiro atoms. The van der Waals surface area contributed by atoms with Crippen LogP contribution in [0, 0.1) is 5.92 Å². The highest BCUT2D eigenvalue weighted by atomic mass is 31.1. The molecular weight excluding hydrogens is 343 g/mol. The lowest BCUT2D eigenvalue weighted by Gasteiger charge is -2.24. The van der Waals surface area contributed by atoms with E-state index in [1.54, 1.807) is 0 Å². The first-order valence-corrected chi connectivity index (χ1v) is 11.0. The molecule has 0 radical (unpaired) electrons. The summed E-state index contributed by atoms with van der Waals surface area (Å²) in [5, 5.41) is 4.25. The van der Waals surface area contributed by atoms with Crippen molar-refractivity contribution in [2.45, 2.75) is 20.3 Å². The molecular formula is C26H25P. The van der Waals surface area contributed by atoms with Crippen molar-refractivity contribution in [3.63, 3.8) is 0 Å². The molecule has 0 amide bonds. The van der Waals surface area contributed by atoms with Crippen LogP contribution in [-0.2, 0) is 0 Å². The lowest BCUT2D eigenvalue weighted by molar-refractivity contribution is 0.797. The SMILES string of the molecule is CC(C)C1=CCC=C1c1ccccc1P(c1ccccc1)c1ccccc1. The van der Waals surface area contributed by atoms with E-state index in [1.807, 2.05) is 0 Å². The second kappa shape index (κ2) is 8.07. The molecule has 134 valence electrons. The van der Waals surface area contributed by atoms with Crippen LogP contribution in [0.25, 0.3) is 5.57 Å². The summed E-state index contributed by atoms with van der Waals surface area (Å²) >= 11 is 0. The van der Waals surface area contributed by atoms with E-state index in [0.717, 1.165) is 6.42 Å². The second-order valence-electron chi connectivity index (χ2n) is 7.19. The Labute approximate surface area is 164 Å². The van der Waals surface area contributed by atoms with Gasteiger partial charge in [-0.15, -0.1) is 0 Å². The Bertz CT molecular complexity index is 926. The topological polar surface area (TPSA) is 0 Å². The molecule has 3 aromatic carbocycles. The molecule has 0 aliphatic heterocycles. The smallest absolute Gasteiger partial charge is 0.00726 e. The van der Waals surface area contributed by atoms with Crippen LogP contribution in [0.4, 0.5) is 0 Å². The van der Waals surface area contributed by atoms with Gasteiger partial charge in [0.05, 0.1) is 0 Å². The maximum atomic E-state index is 2.40. The number of hydrogen-bond acceptors (Lipinski definition) is 0. The molecule has 0 nitrogen and oxygen atoms in total. The van der Waals surface area contributed by atoms with Gasteiger partial charge in [0, 0.05) is 0 Å². The Balaban J connectivity index is 1.89. The first-order chi connectivity index (χ1) is 13.3. The largest absolute Gasteiger partial charge is 0.0766 e. The number of allylic oxidation sites excluding steroid dienone is 4. The zero-order valence-electron chi connectivity index (χ0n) is 16.0. The van der Waals surface area contributed by atoms with Gasteiger partial charge >= 0.3 is 0 Å². The zero-order chi connectivity index (χ0) is 18.6. The average Bonchev–Trinajstić information content (AvgIpc) is 3.20. The Morgan fingerprint density at radius 3 is 1.81 bits per heavy atom. The van der Waals surface area contributed by atoms with Gasteiger partial charge < -0.3 is 0 Å². The van der Waals surface area contributed by atoms with Gasteiger partial charge in [0.1, 0.15) is 0 Å². The standard InChI is InChI=1S/C26H25P/c1-20(2)23-17-11-18-24(23)25-16-9-10-19-26(25)27(21-12-5-3-6-13-21)22-14-7-4-8-15-22/h3-10,12-20H,11H2,1-2H3. The van der Waals surface area contributed by atoms with Gasteiger partial charge in [0.15, 0.2) is 0 Å². The van der Waals surface area contributed by atoms with Crippen molar-refractivity contribution >= 4 is 29.4 Å². The minimum atomic E-state index is -0.589. The second-order valence-corrected chi connectivity index (χ2v) is 9.38. The minimum absolute atomic E-state index is 0.548.